The van der Waals surface area contributed by atoms with E-state index in [1.807, 2.05) is 0 Å². The van der Waals surface area contributed by atoms with Gasteiger partial charge in [-0.2, -0.15) is 4.31 Å². The van der Waals surface area contributed by atoms with E-state index < -0.39 is 22.5 Å². The van der Waals surface area contributed by atoms with E-state index in [1.165, 1.54) is 36.4 Å². The maximum absolute atomic E-state index is 13.3. The second kappa shape index (κ2) is 10.6. The van der Waals surface area contributed by atoms with Crippen LogP contribution in [0, 0.1) is 0 Å². The van der Waals surface area contributed by atoms with Crippen LogP contribution in [0.4, 0.5) is 5.69 Å². The third kappa shape index (κ3) is 6.29. The van der Waals surface area contributed by atoms with Gasteiger partial charge < -0.3 is 5.32 Å². The Bertz CT molecular complexity index is 1250. The monoisotopic (exact) mass is 550 g/mol. The largest absolute Gasteiger partial charge is 0.324 e. The van der Waals surface area contributed by atoms with E-state index >= 15 is 0 Å². The Labute approximate surface area is 210 Å². The minimum Gasteiger partial charge on any atom is -0.324 e. The Balaban J connectivity index is 1.90. The zero-order valence-corrected chi connectivity index (χ0v) is 20.8. The van der Waals surface area contributed by atoms with Crippen molar-refractivity contribution in [3.8, 4) is 0 Å². The molecule has 0 fully saturated rings. The topological polar surface area (TPSA) is 66.5 Å². The number of rotatable bonds is 7. The summed E-state index contributed by atoms with van der Waals surface area (Å²) >= 11 is 29.9. The van der Waals surface area contributed by atoms with Crippen molar-refractivity contribution in [3.05, 3.63) is 91.3 Å². The van der Waals surface area contributed by atoms with Crippen molar-refractivity contribution >= 4 is 79.6 Å². The highest BCUT2D eigenvalue weighted by Gasteiger charge is 2.27. The Morgan fingerprint density at radius 2 is 1.47 bits per heavy atom. The molecule has 3 rings (SSSR count). The lowest BCUT2D eigenvalue weighted by atomic mass is 10.2. The van der Waals surface area contributed by atoms with Crippen molar-refractivity contribution in [3.63, 3.8) is 0 Å². The minimum atomic E-state index is -4.05. The Hall–Kier alpha value is -1.51. The first kappa shape index (κ1) is 25.1. The van der Waals surface area contributed by atoms with Crippen molar-refractivity contribution < 1.29 is 13.2 Å². The van der Waals surface area contributed by atoms with Crippen molar-refractivity contribution in [2.75, 3.05) is 11.9 Å². The maximum atomic E-state index is 13.3. The molecule has 0 radical (unpaired) electrons. The average molecular weight is 553 g/mol. The minimum absolute atomic E-state index is 0.00991. The quantitative estimate of drug-likeness (QED) is 0.329. The van der Waals surface area contributed by atoms with Gasteiger partial charge in [-0.1, -0.05) is 70.1 Å². The number of hydrogen-bond acceptors (Lipinski definition) is 3. The van der Waals surface area contributed by atoms with Crippen molar-refractivity contribution in [2.24, 2.45) is 0 Å². The predicted molar refractivity (Wildman–Crippen MR) is 131 cm³/mol. The fourth-order valence-electron chi connectivity index (χ4n) is 2.79. The number of halogens is 5. The second-order valence-corrected chi connectivity index (χ2v) is 10.7. The van der Waals surface area contributed by atoms with Crippen LogP contribution in [-0.4, -0.2) is 25.2 Å². The van der Waals surface area contributed by atoms with E-state index in [0.29, 0.717) is 15.6 Å². The van der Waals surface area contributed by atoms with Crippen molar-refractivity contribution in [1.82, 2.24) is 4.31 Å². The molecule has 0 saturated carbocycles. The molecule has 3 aromatic rings. The molecule has 0 atom stereocenters. The smallest absolute Gasteiger partial charge is 0.243 e. The van der Waals surface area contributed by atoms with Gasteiger partial charge in [0.15, 0.2) is 0 Å². The molecule has 0 aliphatic rings. The van der Waals surface area contributed by atoms with Gasteiger partial charge in [-0.3, -0.25) is 4.79 Å². The van der Waals surface area contributed by atoms with Gasteiger partial charge in [0.05, 0.1) is 32.2 Å². The van der Waals surface area contributed by atoms with Crippen LogP contribution < -0.4 is 5.32 Å². The Morgan fingerprint density at radius 3 is 2.12 bits per heavy atom. The number of carbonyl (C=O) groups excluding carboxylic acids is 1. The van der Waals surface area contributed by atoms with Crippen LogP contribution in [0.3, 0.4) is 0 Å². The molecule has 3 aromatic carbocycles. The molecule has 32 heavy (non-hydrogen) atoms. The molecule has 0 bridgehead atoms. The van der Waals surface area contributed by atoms with E-state index in [0.717, 1.165) is 4.31 Å². The number of amides is 1. The van der Waals surface area contributed by atoms with Gasteiger partial charge in [0.25, 0.3) is 0 Å². The summed E-state index contributed by atoms with van der Waals surface area (Å²) in [5, 5.41) is 3.98. The summed E-state index contributed by atoms with van der Waals surface area (Å²) in [7, 11) is -4.05. The molecule has 0 aliphatic heterocycles. The van der Waals surface area contributed by atoms with Gasteiger partial charge >= 0.3 is 0 Å². The standard InChI is InChI=1S/C21H15Cl5N2O3S/c22-14-4-6-16(7-5-14)32(30,31)28(11-13-2-1-3-15(23)8-13)12-21(29)27-20-10-18(25)17(24)9-19(20)26/h1-10H,11-12H2,(H,27,29). The highest BCUT2D eigenvalue weighted by molar-refractivity contribution is 7.89. The molecule has 0 saturated heterocycles. The predicted octanol–water partition coefficient (Wildman–Crippen LogP) is 6.78. The third-order valence-electron chi connectivity index (χ3n) is 4.30. The summed E-state index contributed by atoms with van der Waals surface area (Å²) in [5.41, 5.74) is 0.813. The number of benzene rings is 3. The van der Waals surface area contributed by atoms with Gasteiger partial charge in [-0.05, 0) is 54.1 Å². The molecular formula is C21H15Cl5N2O3S. The van der Waals surface area contributed by atoms with Crippen LogP contribution >= 0.6 is 58.0 Å². The maximum Gasteiger partial charge on any atom is 0.243 e. The molecule has 1 N–H and O–H groups in total. The summed E-state index contributed by atoms with van der Waals surface area (Å²) in [5.74, 6) is -0.621. The van der Waals surface area contributed by atoms with E-state index in [-0.39, 0.29) is 32.2 Å². The molecular weight excluding hydrogens is 538 g/mol. The van der Waals surface area contributed by atoms with Gasteiger partial charge in [-0.15, -0.1) is 0 Å². The molecule has 0 spiro atoms. The summed E-state index contributed by atoms with van der Waals surface area (Å²) in [6, 6.07) is 15.1. The van der Waals surface area contributed by atoms with Crippen molar-refractivity contribution in [2.45, 2.75) is 11.4 Å². The first-order valence-corrected chi connectivity index (χ1v) is 12.3. The van der Waals surface area contributed by atoms with Crippen LogP contribution in [0.5, 0.6) is 0 Å². The molecule has 0 aromatic heterocycles. The van der Waals surface area contributed by atoms with E-state index in [2.05, 4.69) is 5.32 Å². The molecule has 0 heterocycles. The Morgan fingerprint density at radius 1 is 0.812 bits per heavy atom. The highest BCUT2D eigenvalue weighted by atomic mass is 35.5. The number of carbonyl (C=O) groups is 1. The number of sulfonamides is 1. The van der Waals surface area contributed by atoms with Gasteiger partial charge in [0.1, 0.15) is 0 Å². The number of anilines is 1. The lowest BCUT2D eigenvalue weighted by molar-refractivity contribution is -0.116. The number of nitrogens with zero attached hydrogens (tertiary/aromatic N) is 1. The fourth-order valence-corrected chi connectivity index (χ4v) is 5.11. The van der Waals surface area contributed by atoms with Crippen LogP contribution in [0.25, 0.3) is 0 Å². The first-order valence-electron chi connectivity index (χ1n) is 9.01. The number of hydrogen-bond donors (Lipinski definition) is 1. The first-order chi connectivity index (χ1) is 15.1. The van der Waals surface area contributed by atoms with E-state index in [1.54, 1.807) is 24.3 Å². The fraction of sp³-hybridized carbons (Fsp3) is 0.0952. The van der Waals surface area contributed by atoms with Crippen molar-refractivity contribution in [1.29, 1.82) is 0 Å². The summed E-state index contributed by atoms with van der Waals surface area (Å²) in [6.07, 6.45) is 0. The molecule has 1 amide bonds. The van der Waals surface area contributed by atoms with Gasteiger partial charge in [-0.25, -0.2) is 8.42 Å². The van der Waals surface area contributed by atoms with E-state index in [4.69, 9.17) is 58.0 Å². The van der Waals surface area contributed by atoms with Gasteiger partial charge in [0, 0.05) is 16.6 Å². The summed E-state index contributed by atoms with van der Waals surface area (Å²) in [6.45, 7) is -0.581. The third-order valence-corrected chi connectivity index (χ3v) is 7.63. The van der Waals surface area contributed by atoms with Crippen LogP contribution in [0.15, 0.2) is 65.6 Å². The SMILES string of the molecule is O=C(CN(Cc1cccc(Cl)c1)S(=O)(=O)c1ccc(Cl)cc1)Nc1cc(Cl)c(Cl)cc1Cl. The average Bonchev–Trinajstić information content (AvgIpc) is 2.72. The van der Waals surface area contributed by atoms with E-state index in [9.17, 15) is 13.2 Å². The number of nitrogens with one attached hydrogen (secondary N) is 1. The summed E-state index contributed by atoms with van der Waals surface area (Å²) < 4.78 is 27.6. The molecule has 5 nitrogen and oxygen atoms in total. The molecule has 0 aliphatic carbocycles. The van der Waals surface area contributed by atoms with Gasteiger partial charge in [0.2, 0.25) is 15.9 Å². The molecule has 11 heteroatoms. The molecule has 168 valence electrons. The van der Waals surface area contributed by atoms with Crippen LogP contribution in [0.2, 0.25) is 25.1 Å². The van der Waals surface area contributed by atoms with Crippen LogP contribution in [0.1, 0.15) is 5.56 Å². The highest BCUT2D eigenvalue weighted by Crippen LogP contribution is 2.32. The lowest BCUT2D eigenvalue weighted by Crippen LogP contribution is -2.37. The zero-order chi connectivity index (χ0) is 23.5. The zero-order valence-electron chi connectivity index (χ0n) is 16.2. The second-order valence-electron chi connectivity index (χ2n) is 6.65. The normalized spacial score (nSPS) is 11.6. The molecule has 0 unspecified atom stereocenters. The summed E-state index contributed by atoms with van der Waals surface area (Å²) in [4.78, 5) is 12.8. The lowest BCUT2D eigenvalue weighted by Gasteiger charge is -2.22. The van der Waals surface area contributed by atoms with Crippen LogP contribution in [-0.2, 0) is 21.4 Å². The Kier molecular flexibility index (Phi) is 8.33.